The van der Waals surface area contributed by atoms with Crippen molar-refractivity contribution >= 4 is 10.9 Å². The topological polar surface area (TPSA) is 17.8 Å². The van der Waals surface area contributed by atoms with E-state index in [0.717, 1.165) is 6.54 Å². The van der Waals surface area contributed by atoms with E-state index in [1.54, 1.807) is 0 Å². The predicted molar refractivity (Wildman–Crippen MR) is 52.8 cm³/mol. The molecule has 1 aromatic carbocycles. The summed E-state index contributed by atoms with van der Waals surface area (Å²) >= 11 is 0. The van der Waals surface area contributed by atoms with Crippen molar-refractivity contribution in [2.45, 2.75) is 26.3 Å². The highest BCUT2D eigenvalue weighted by Crippen LogP contribution is 2.26. The van der Waals surface area contributed by atoms with E-state index in [9.17, 15) is 0 Å². The molecule has 0 unspecified atom stereocenters. The number of aromatic nitrogens is 2. The van der Waals surface area contributed by atoms with Gasteiger partial charge < -0.3 is 0 Å². The fourth-order valence-corrected chi connectivity index (χ4v) is 2.26. The normalized spacial score (nSPS) is 15.2. The molecule has 1 aliphatic rings. The van der Waals surface area contributed by atoms with Gasteiger partial charge in [-0.25, -0.2) is 0 Å². The van der Waals surface area contributed by atoms with Crippen LogP contribution in [-0.4, -0.2) is 9.78 Å². The second-order valence-electron chi connectivity index (χ2n) is 3.73. The minimum atomic E-state index is 1.08. The summed E-state index contributed by atoms with van der Waals surface area (Å²) in [4.78, 5) is 0. The third kappa shape index (κ3) is 0.857. The highest BCUT2D eigenvalue weighted by molar-refractivity contribution is 5.85. The summed E-state index contributed by atoms with van der Waals surface area (Å²) in [7, 11) is 0. The number of para-hydroxylation sites is 1. The molecule has 3 rings (SSSR count). The summed E-state index contributed by atoms with van der Waals surface area (Å²) in [5.74, 6) is 0. The molecule has 1 aromatic heterocycles. The summed E-state index contributed by atoms with van der Waals surface area (Å²) in [6.45, 7) is 3.18. The van der Waals surface area contributed by atoms with E-state index in [1.165, 1.54) is 35.0 Å². The lowest BCUT2D eigenvalue weighted by Crippen LogP contribution is -2.08. The van der Waals surface area contributed by atoms with E-state index >= 15 is 0 Å². The standard InChI is InChI=1S/C11H12N2/c1-8-10-6-2-4-9-5-3-7-13(12-8)11(9)10/h2,4,6H,3,5,7H2,1H3. The van der Waals surface area contributed by atoms with Crippen molar-refractivity contribution in [2.24, 2.45) is 0 Å². The Hall–Kier alpha value is -1.31. The van der Waals surface area contributed by atoms with Gasteiger partial charge in [0, 0.05) is 11.9 Å². The number of hydrogen-bond acceptors (Lipinski definition) is 1. The Morgan fingerprint density at radius 1 is 1.38 bits per heavy atom. The number of rotatable bonds is 0. The summed E-state index contributed by atoms with van der Waals surface area (Å²) in [6.07, 6.45) is 2.44. The molecule has 0 radical (unpaired) electrons. The molecule has 2 nitrogen and oxygen atoms in total. The summed E-state index contributed by atoms with van der Waals surface area (Å²) < 4.78 is 2.16. The highest BCUT2D eigenvalue weighted by atomic mass is 15.3. The van der Waals surface area contributed by atoms with Gasteiger partial charge in [-0.3, -0.25) is 4.68 Å². The van der Waals surface area contributed by atoms with Crippen molar-refractivity contribution in [3.05, 3.63) is 29.5 Å². The van der Waals surface area contributed by atoms with Crippen LogP contribution in [0.5, 0.6) is 0 Å². The monoisotopic (exact) mass is 172 g/mol. The molecule has 2 heterocycles. The van der Waals surface area contributed by atoms with E-state index in [2.05, 4.69) is 34.9 Å². The Labute approximate surface area is 77.2 Å². The molecule has 0 bridgehead atoms. The molecule has 13 heavy (non-hydrogen) atoms. The van der Waals surface area contributed by atoms with Crippen molar-refractivity contribution in [1.82, 2.24) is 9.78 Å². The van der Waals surface area contributed by atoms with Crippen LogP contribution in [-0.2, 0) is 13.0 Å². The van der Waals surface area contributed by atoms with Gasteiger partial charge in [-0.15, -0.1) is 0 Å². The first-order valence-electron chi connectivity index (χ1n) is 4.81. The lowest BCUT2D eigenvalue weighted by molar-refractivity contribution is 0.570. The van der Waals surface area contributed by atoms with Crippen LogP contribution in [0.1, 0.15) is 17.7 Å². The predicted octanol–water partition coefficient (Wildman–Crippen LogP) is 2.29. The number of hydrogen-bond donors (Lipinski definition) is 0. The van der Waals surface area contributed by atoms with E-state index < -0.39 is 0 Å². The van der Waals surface area contributed by atoms with Crippen LogP contribution < -0.4 is 0 Å². The van der Waals surface area contributed by atoms with Gasteiger partial charge in [-0.2, -0.15) is 5.10 Å². The van der Waals surface area contributed by atoms with E-state index in [-0.39, 0.29) is 0 Å². The van der Waals surface area contributed by atoms with Crippen LogP contribution in [0.2, 0.25) is 0 Å². The number of nitrogens with zero attached hydrogens (tertiary/aromatic N) is 2. The zero-order valence-corrected chi connectivity index (χ0v) is 7.75. The lowest BCUT2D eigenvalue weighted by atomic mass is 10.0. The largest absolute Gasteiger partial charge is 0.264 e. The van der Waals surface area contributed by atoms with Crippen LogP contribution in [0, 0.1) is 6.92 Å². The average Bonchev–Trinajstić information content (AvgIpc) is 2.47. The molecule has 0 spiro atoms. The van der Waals surface area contributed by atoms with Crippen LogP contribution in [0.4, 0.5) is 0 Å². The molecule has 1 aliphatic heterocycles. The SMILES string of the molecule is Cc1nn2c3c(cccc13)CCC2. The Bertz CT molecular complexity index is 468. The number of aryl methyl sites for hydroxylation is 3. The first-order chi connectivity index (χ1) is 6.36. The van der Waals surface area contributed by atoms with E-state index in [1.807, 2.05) is 0 Å². The summed E-state index contributed by atoms with van der Waals surface area (Å²) in [6, 6.07) is 6.53. The van der Waals surface area contributed by atoms with Gasteiger partial charge in [0.2, 0.25) is 0 Å². The number of benzene rings is 1. The maximum Gasteiger partial charge on any atom is 0.0717 e. The van der Waals surface area contributed by atoms with Crippen LogP contribution >= 0.6 is 0 Å². The molecule has 0 atom stereocenters. The minimum Gasteiger partial charge on any atom is -0.264 e. The Balaban J connectivity index is 2.51. The fourth-order valence-electron chi connectivity index (χ4n) is 2.26. The second kappa shape index (κ2) is 2.34. The van der Waals surface area contributed by atoms with Crippen LogP contribution in [0.25, 0.3) is 10.9 Å². The van der Waals surface area contributed by atoms with Crippen molar-refractivity contribution in [3.8, 4) is 0 Å². The Kier molecular flexibility index (Phi) is 1.29. The minimum absolute atomic E-state index is 1.08. The Morgan fingerprint density at radius 2 is 2.31 bits per heavy atom. The van der Waals surface area contributed by atoms with Crippen LogP contribution in [0.15, 0.2) is 18.2 Å². The molecule has 0 aliphatic carbocycles. The van der Waals surface area contributed by atoms with Crippen molar-refractivity contribution in [1.29, 1.82) is 0 Å². The molecule has 2 heteroatoms. The first-order valence-corrected chi connectivity index (χ1v) is 4.81. The molecule has 0 fully saturated rings. The molecular formula is C11H12N2. The molecule has 0 amide bonds. The third-order valence-electron chi connectivity index (χ3n) is 2.85. The zero-order chi connectivity index (χ0) is 8.84. The van der Waals surface area contributed by atoms with Gasteiger partial charge >= 0.3 is 0 Å². The van der Waals surface area contributed by atoms with Crippen molar-refractivity contribution < 1.29 is 0 Å². The van der Waals surface area contributed by atoms with E-state index in [0.29, 0.717) is 0 Å². The maximum absolute atomic E-state index is 4.54. The molecule has 0 saturated carbocycles. The van der Waals surface area contributed by atoms with Gasteiger partial charge in [0.25, 0.3) is 0 Å². The van der Waals surface area contributed by atoms with Crippen molar-refractivity contribution in [2.75, 3.05) is 0 Å². The lowest BCUT2D eigenvalue weighted by Gasteiger charge is -2.13. The van der Waals surface area contributed by atoms with Gasteiger partial charge in [0.05, 0.1) is 11.2 Å². The zero-order valence-electron chi connectivity index (χ0n) is 7.75. The first kappa shape index (κ1) is 7.13. The second-order valence-corrected chi connectivity index (χ2v) is 3.73. The highest BCUT2D eigenvalue weighted by Gasteiger charge is 2.14. The Morgan fingerprint density at radius 3 is 3.23 bits per heavy atom. The summed E-state index contributed by atoms with van der Waals surface area (Å²) in [5, 5.41) is 5.87. The smallest absolute Gasteiger partial charge is 0.0717 e. The van der Waals surface area contributed by atoms with Gasteiger partial charge in [0.15, 0.2) is 0 Å². The van der Waals surface area contributed by atoms with Gasteiger partial charge in [-0.05, 0) is 25.3 Å². The summed E-state index contributed by atoms with van der Waals surface area (Å²) in [5.41, 5.74) is 3.99. The third-order valence-corrected chi connectivity index (χ3v) is 2.85. The van der Waals surface area contributed by atoms with Gasteiger partial charge in [-0.1, -0.05) is 18.2 Å². The van der Waals surface area contributed by atoms with E-state index in [4.69, 9.17) is 0 Å². The molecule has 2 aromatic rings. The molecule has 0 N–H and O–H groups in total. The molecule has 66 valence electrons. The van der Waals surface area contributed by atoms with Crippen LogP contribution in [0.3, 0.4) is 0 Å². The molecule has 0 saturated heterocycles. The quantitative estimate of drug-likeness (QED) is 0.596. The molecular weight excluding hydrogens is 160 g/mol. The average molecular weight is 172 g/mol. The van der Waals surface area contributed by atoms with Gasteiger partial charge in [0.1, 0.15) is 0 Å². The maximum atomic E-state index is 4.54. The fraction of sp³-hybridized carbons (Fsp3) is 0.364. The van der Waals surface area contributed by atoms with Crippen molar-refractivity contribution in [3.63, 3.8) is 0 Å².